The van der Waals surface area contributed by atoms with E-state index in [1.54, 1.807) is 36.9 Å². The first-order valence-electron chi connectivity index (χ1n) is 8.60. The summed E-state index contributed by atoms with van der Waals surface area (Å²) >= 11 is 1.55. The van der Waals surface area contributed by atoms with Gasteiger partial charge in [0.2, 0.25) is 12.7 Å². The molecule has 4 heterocycles. The number of hydrogen-bond acceptors (Lipinski definition) is 7. The van der Waals surface area contributed by atoms with Gasteiger partial charge in [0.1, 0.15) is 6.33 Å². The van der Waals surface area contributed by atoms with Gasteiger partial charge in [-0.3, -0.25) is 0 Å². The summed E-state index contributed by atoms with van der Waals surface area (Å²) in [7, 11) is 1.95. The lowest BCUT2D eigenvalue weighted by molar-refractivity contribution is 0.174. The molecule has 0 saturated heterocycles. The first-order chi connectivity index (χ1) is 13.6. The molecule has 0 bridgehead atoms. The van der Waals surface area contributed by atoms with Gasteiger partial charge in [-0.15, -0.1) is 11.3 Å². The topological polar surface area (TPSA) is 60.4 Å². The van der Waals surface area contributed by atoms with Crippen LogP contribution in [0.2, 0.25) is 0 Å². The molecule has 0 N–H and O–H groups in total. The maximum atomic E-state index is 13.5. The van der Waals surface area contributed by atoms with Crippen molar-refractivity contribution in [1.82, 2.24) is 15.0 Å². The highest BCUT2D eigenvalue weighted by molar-refractivity contribution is 7.22. The van der Waals surface area contributed by atoms with Gasteiger partial charge in [0.05, 0.1) is 10.2 Å². The van der Waals surface area contributed by atoms with E-state index in [1.165, 1.54) is 0 Å². The first kappa shape index (κ1) is 16.9. The zero-order valence-corrected chi connectivity index (χ0v) is 16.0. The van der Waals surface area contributed by atoms with Gasteiger partial charge >= 0.3 is 0 Å². The van der Waals surface area contributed by atoms with E-state index in [2.05, 4.69) is 15.0 Å². The molecule has 1 aliphatic heterocycles. The Bertz CT molecular complexity index is 1210. The van der Waals surface area contributed by atoms with E-state index >= 15 is 0 Å². The van der Waals surface area contributed by atoms with Crippen molar-refractivity contribution in [3.8, 4) is 21.9 Å². The van der Waals surface area contributed by atoms with E-state index in [-0.39, 0.29) is 6.79 Å². The van der Waals surface area contributed by atoms with Crippen molar-refractivity contribution in [3.63, 3.8) is 0 Å². The molecule has 0 spiro atoms. The second kappa shape index (κ2) is 6.42. The van der Waals surface area contributed by atoms with Crippen LogP contribution in [0.1, 0.15) is 5.56 Å². The van der Waals surface area contributed by atoms with E-state index in [1.807, 2.05) is 36.2 Å². The molecular weight excluding hydrogens is 379 g/mol. The van der Waals surface area contributed by atoms with Crippen LogP contribution in [0.25, 0.3) is 20.7 Å². The zero-order valence-electron chi connectivity index (χ0n) is 15.1. The van der Waals surface area contributed by atoms with Crippen LogP contribution in [0.3, 0.4) is 0 Å². The molecule has 1 aromatic carbocycles. The highest BCUT2D eigenvalue weighted by Crippen LogP contribution is 2.41. The van der Waals surface area contributed by atoms with E-state index in [4.69, 9.17) is 9.47 Å². The second-order valence-corrected chi connectivity index (χ2v) is 7.50. The Hall–Kier alpha value is -3.26. The van der Waals surface area contributed by atoms with Crippen LogP contribution in [0.5, 0.6) is 11.5 Å². The Morgan fingerprint density at radius 2 is 1.93 bits per heavy atom. The SMILES string of the molecule is Cc1cc(-c2cc3ncnc(N(C)c4ccc5c(c4)OCO5)c3s2)cnc1F. The summed E-state index contributed by atoms with van der Waals surface area (Å²) in [6.07, 6.45) is 3.09. The highest BCUT2D eigenvalue weighted by atomic mass is 32.1. The number of pyridine rings is 1. The maximum absolute atomic E-state index is 13.5. The van der Waals surface area contributed by atoms with Gasteiger partial charge in [-0.05, 0) is 31.2 Å². The van der Waals surface area contributed by atoms with Gasteiger partial charge in [-0.25, -0.2) is 15.0 Å². The minimum Gasteiger partial charge on any atom is -0.454 e. The third kappa shape index (κ3) is 2.73. The number of hydrogen-bond donors (Lipinski definition) is 0. The summed E-state index contributed by atoms with van der Waals surface area (Å²) in [5, 5.41) is 0. The molecule has 0 atom stereocenters. The fourth-order valence-electron chi connectivity index (χ4n) is 3.13. The summed E-state index contributed by atoms with van der Waals surface area (Å²) in [6.45, 7) is 1.94. The fraction of sp³-hybridized carbons (Fsp3) is 0.150. The Morgan fingerprint density at radius 1 is 1.07 bits per heavy atom. The number of aryl methyl sites for hydroxylation is 1. The van der Waals surface area contributed by atoms with Crippen molar-refractivity contribution >= 4 is 33.1 Å². The largest absolute Gasteiger partial charge is 0.454 e. The lowest BCUT2D eigenvalue weighted by atomic mass is 10.2. The van der Waals surface area contributed by atoms with Crippen LogP contribution < -0.4 is 14.4 Å². The normalized spacial score (nSPS) is 12.5. The van der Waals surface area contributed by atoms with Crippen LogP contribution in [0.4, 0.5) is 15.9 Å². The number of rotatable bonds is 3. The van der Waals surface area contributed by atoms with Crippen molar-refractivity contribution in [2.24, 2.45) is 0 Å². The molecule has 8 heteroatoms. The van der Waals surface area contributed by atoms with Gasteiger partial charge < -0.3 is 14.4 Å². The Balaban J connectivity index is 1.58. The number of thiophene rings is 1. The molecule has 0 aliphatic carbocycles. The number of fused-ring (bicyclic) bond motifs is 2. The molecule has 5 rings (SSSR count). The van der Waals surface area contributed by atoms with Gasteiger partial charge in [0.25, 0.3) is 0 Å². The third-order valence-electron chi connectivity index (χ3n) is 4.65. The summed E-state index contributed by atoms with van der Waals surface area (Å²) in [4.78, 5) is 15.7. The van der Waals surface area contributed by atoms with E-state index < -0.39 is 5.95 Å². The van der Waals surface area contributed by atoms with Crippen molar-refractivity contribution in [2.45, 2.75) is 6.92 Å². The second-order valence-electron chi connectivity index (χ2n) is 6.45. The van der Waals surface area contributed by atoms with Gasteiger partial charge in [-0.2, -0.15) is 4.39 Å². The smallest absolute Gasteiger partial charge is 0.231 e. The van der Waals surface area contributed by atoms with Crippen LogP contribution in [0.15, 0.2) is 42.9 Å². The summed E-state index contributed by atoms with van der Waals surface area (Å²) in [5.41, 5.74) is 3.13. The predicted molar refractivity (Wildman–Crippen MR) is 106 cm³/mol. The Morgan fingerprint density at radius 3 is 2.79 bits per heavy atom. The molecule has 140 valence electrons. The monoisotopic (exact) mass is 394 g/mol. The standard InChI is InChI=1S/C20H15FN4O2S/c1-11-5-12(8-22-19(11)21)17-7-14-18(28-17)20(24-9-23-14)25(2)13-3-4-15-16(6-13)27-10-26-15/h3-9H,10H2,1-2H3. The van der Waals surface area contributed by atoms with E-state index in [0.29, 0.717) is 5.56 Å². The molecule has 0 amide bonds. The lowest BCUT2D eigenvalue weighted by Gasteiger charge is -2.19. The van der Waals surface area contributed by atoms with Gasteiger partial charge in [-0.1, -0.05) is 0 Å². The molecule has 0 fully saturated rings. The number of anilines is 2. The molecule has 28 heavy (non-hydrogen) atoms. The molecule has 3 aromatic heterocycles. The predicted octanol–water partition coefficient (Wildman–Crippen LogP) is 4.70. The molecular formula is C20H15FN4O2S. The maximum Gasteiger partial charge on any atom is 0.231 e. The number of nitrogens with zero attached hydrogens (tertiary/aromatic N) is 4. The average Bonchev–Trinajstić information content (AvgIpc) is 3.35. The van der Waals surface area contributed by atoms with E-state index in [0.717, 1.165) is 43.7 Å². The molecule has 0 unspecified atom stereocenters. The number of aromatic nitrogens is 3. The number of halogens is 1. The number of benzene rings is 1. The summed E-state index contributed by atoms with van der Waals surface area (Å²) in [6, 6.07) is 9.55. The summed E-state index contributed by atoms with van der Waals surface area (Å²) in [5.74, 6) is 1.79. The molecule has 0 radical (unpaired) electrons. The van der Waals surface area contributed by atoms with E-state index in [9.17, 15) is 4.39 Å². The van der Waals surface area contributed by atoms with Crippen LogP contribution in [-0.2, 0) is 0 Å². The van der Waals surface area contributed by atoms with Gasteiger partial charge in [0, 0.05) is 41.0 Å². The Labute approximate surface area is 164 Å². The van der Waals surface area contributed by atoms with Crippen molar-refractivity contribution < 1.29 is 13.9 Å². The molecule has 6 nitrogen and oxygen atoms in total. The van der Waals surface area contributed by atoms with Gasteiger partial charge in [0.15, 0.2) is 17.3 Å². The number of ether oxygens (including phenoxy) is 2. The lowest BCUT2D eigenvalue weighted by Crippen LogP contribution is -2.11. The van der Waals surface area contributed by atoms with Crippen molar-refractivity contribution in [1.29, 1.82) is 0 Å². The fourth-order valence-corrected chi connectivity index (χ4v) is 4.25. The quantitative estimate of drug-likeness (QED) is 0.470. The minimum absolute atomic E-state index is 0.236. The molecule has 1 aliphatic rings. The van der Waals surface area contributed by atoms with Crippen molar-refractivity contribution in [2.75, 3.05) is 18.7 Å². The minimum atomic E-state index is -0.451. The van der Waals surface area contributed by atoms with Crippen LogP contribution in [-0.4, -0.2) is 28.8 Å². The van der Waals surface area contributed by atoms with Crippen LogP contribution >= 0.6 is 11.3 Å². The Kier molecular flexibility index (Phi) is 3.87. The van der Waals surface area contributed by atoms with Crippen molar-refractivity contribution in [3.05, 3.63) is 54.4 Å². The van der Waals surface area contributed by atoms with Crippen LogP contribution in [0, 0.1) is 12.9 Å². The molecule has 4 aromatic rings. The highest BCUT2D eigenvalue weighted by Gasteiger charge is 2.18. The first-order valence-corrected chi connectivity index (χ1v) is 9.42. The average molecular weight is 394 g/mol. The zero-order chi connectivity index (χ0) is 19.3. The third-order valence-corrected chi connectivity index (χ3v) is 5.82. The summed E-state index contributed by atoms with van der Waals surface area (Å²) < 4.78 is 25.3. The molecule has 0 saturated carbocycles.